The van der Waals surface area contributed by atoms with Crippen molar-refractivity contribution in [2.45, 2.75) is 39.9 Å². The van der Waals surface area contributed by atoms with E-state index >= 15 is 0 Å². The molecular weight excluding hydrogens is 368 g/mol. The van der Waals surface area contributed by atoms with E-state index in [1.54, 1.807) is 24.3 Å². The third-order valence-corrected chi connectivity index (χ3v) is 4.19. The first kappa shape index (κ1) is 22.1. The van der Waals surface area contributed by atoms with Crippen LogP contribution in [0.25, 0.3) is 0 Å². The molecule has 152 valence electrons. The van der Waals surface area contributed by atoms with Crippen LogP contribution in [0.3, 0.4) is 0 Å². The molecule has 0 saturated carbocycles. The number of hydrogen-bond donors (Lipinski definition) is 0. The molecule has 29 heavy (non-hydrogen) atoms. The smallest absolute Gasteiger partial charge is 0.338 e. The Balaban J connectivity index is 1.96. The van der Waals surface area contributed by atoms with Gasteiger partial charge in [-0.15, -0.1) is 0 Å². The van der Waals surface area contributed by atoms with Gasteiger partial charge < -0.3 is 14.4 Å². The fourth-order valence-electron chi connectivity index (χ4n) is 2.57. The topological polar surface area (TPSA) is 79.6 Å². The van der Waals surface area contributed by atoms with Gasteiger partial charge in [-0.1, -0.05) is 29.8 Å². The lowest BCUT2D eigenvalue weighted by Gasteiger charge is -2.21. The van der Waals surface area contributed by atoms with Gasteiger partial charge in [0, 0.05) is 12.2 Å². The van der Waals surface area contributed by atoms with Gasteiger partial charge >= 0.3 is 5.97 Å². The standard InChI is InChI=1S/C23H26N2O4/c1-17(2)28-15-19-7-9-20(10-8-19)23(27)29-16-22(26)25(14-4-13-24)21-11-5-18(3)6-12-21/h5-12,17H,4,14-16H2,1-3H3. The second kappa shape index (κ2) is 11.0. The zero-order valence-corrected chi connectivity index (χ0v) is 17.1. The SMILES string of the molecule is Cc1ccc(N(CCC#N)C(=O)COC(=O)c2ccc(COC(C)C)cc2)cc1. The van der Waals surface area contributed by atoms with E-state index in [-0.39, 0.29) is 25.0 Å². The average Bonchev–Trinajstić information content (AvgIpc) is 2.72. The first-order valence-electron chi connectivity index (χ1n) is 9.52. The number of carbonyl (C=O) groups is 2. The Morgan fingerprint density at radius 3 is 2.31 bits per heavy atom. The van der Waals surface area contributed by atoms with Crippen molar-refractivity contribution in [3.63, 3.8) is 0 Å². The largest absolute Gasteiger partial charge is 0.452 e. The molecule has 0 fully saturated rings. The van der Waals surface area contributed by atoms with Gasteiger partial charge in [-0.3, -0.25) is 4.79 Å². The van der Waals surface area contributed by atoms with E-state index in [4.69, 9.17) is 14.7 Å². The van der Waals surface area contributed by atoms with Crippen LogP contribution in [0, 0.1) is 18.3 Å². The Bertz CT molecular complexity index is 852. The van der Waals surface area contributed by atoms with E-state index in [1.165, 1.54) is 4.90 Å². The second-order valence-corrected chi connectivity index (χ2v) is 6.92. The summed E-state index contributed by atoms with van der Waals surface area (Å²) in [4.78, 5) is 26.3. The molecule has 0 bridgehead atoms. The van der Waals surface area contributed by atoms with Crippen molar-refractivity contribution in [3.05, 3.63) is 65.2 Å². The van der Waals surface area contributed by atoms with Crippen molar-refractivity contribution in [1.29, 1.82) is 5.26 Å². The molecule has 2 rings (SSSR count). The molecule has 0 aliphatic carbocycles. The Morgan fingerprint density at radius 2 is 1.72 bits per heavy atom. The minimum atomic E-state index is -0.571. The third-order valence-electron chi connectivity index (χ3n) is 4.19. The molecule has 6 nitrogen and oxygen atoms in total. The molecule has 1 amide bonds. The molecule has 0 aromatic heterocycles. The van der Waals surface area contributed by atoms with Gasteiger partial charge in [0.15, 0.2) is 6.61 Å². The van der Waals surface area contributed by atoms with Crippen LogP contribution < -0.4 is 4.90 Å². The summed E-state index contributed by atoms with van der Waals surface area (Å²) < 4.78 is 10.7. The summed E-state index contributed by atoms with van der Waals surface area (Å²) in [6.45, 7) is 6.18. The summed E-state index contributed by atoms with van der Waals surface area (Å²) in [6.07, 6.45) is 0.316. The van der Waals surface area contributed by atoms with E-state index in [2.05, 4.69) is 0 Å². The second-order valence-electron chi connectivity index (χ2n) is 6.92. The molecule has 0 spiro atoms. The van der Waals surface area contributed by atoms with Crippen LogP contribution in [-0.4, -0.2) is 31.1 Å². The van der Waals surface area contributed by atoms with E-state index < -0.39 is 12.6 Å². The van der Waals surface area contributed by atoms with Crippen LogP contribution in [-0.2, 0) is 20.9 Å². The number of nitriles is 1. The molecule has 0 unspecified atom stereocenters. The monoisotopic (exact) mass is 394 g/mol. The Kier molecular flexibility index (Phi) is 8.38. The Labute approximate surface area is 171 Å². The Morgan fingerprint density at radius 1 is 1.07 bits per heavy atom. The normalized spacial score (nSPS) is 10.4. The summed E-state index contributed by atoms with van der Waals surface area (Å²) in [5, 5.41) is 8.86. The zero-order valence-electron chi connectivity index (χ0n) is 17.1. The third kappa shape index (κ3) is 7.05. The van der Waals surface area contributed by atoms with Gasteiger partial charge in [-0.05, 0) is 50.6 Å². The minimum absolute atomic E-state index is 0.128. The first-order chi connectivity index (χ1) is 13.9. The minimum Gasteiger partial charge on any atom is -0.452 e. The average molecular weight is 394 g/mol. The van der Waals surface area contributed by atoms with Gasteiger partial charge in [0.25, 0.3) is 5.91 Å². The molecule has 6 heteroatoms. The maximum atomic E-state index is 12.6. The molecule has 0 saturated heterocycles. The molecule has 0 atom stereocenters. The van der Waals surface area contributed by atoms with Gasteiger partial charge in [0.05, 0.1) is 30.8 Å². The Hall–Kier alpha value is -3.17. The molecule has 0 aliphatic heterocycles. The van der Waals surface area contributed by atoms with E-state index in [0.29, 0.717) is 17.9 Å². The number of rotatable bonds is 9. The molecular formula is C23H26N2O4. The van der Waals surface area contributed by atoms with Crippen LogP contribution >= 0.6 is 0 Å². The lowest BCUT2D eigenvalue weighted by atomic mass is 10.1. The van der Waals surface area contributed by atoms with E-state index in [1.807, 2.05) is 51.1 Å². The summed E-state index contributed by atoms with van der Waals surface area (Å²) in [5.41, 5.74) is 3.05. The number of aryl methyl sites for hydroxylation is 1. The summed E-state index contributed by atoms with van der Waals surface area (Å²) in [5.74, 6) is -0.946. The van der Waals surface area contributed by atoms with Gasteiger partial charge in [0.1, 0.15) is 0 Å². The highest BCUT2D eigenvalue weighted by Gasteiger charge is 2.18. The van der Waals surface area contributed by atoms with Gasteiger partial charge in [-0.2, -0.15) is 5.26 Å². The highest BCUT2D eigenvalue weighted by atomic mass is 16.5. The number of esters is 1. The highest BCUT2D eigenvalue weighted by molar-refractivity contribution is 5.97. The van der Waals surface area contributed by atoms with Gasteiger partial charge in [0.2, 0.25) is 0 Å². The fourth-order valence-corrected chi connectivity index (χ4v) is 2.57. The van der Waals surface area contributed by atoms with Crippen molar-refractivity contribution in [3.8, 4) is 6.07 Å². The molecule has 2 aromatic rings. The maximum Gasteiger partial charge on any atom is 0.338 e. The zero-order chi connectivity index (χ0) is 21.2. The predicted molar refractivity (Wildman–Crippen MR) is 110 cm³/mol. The van der Waals surface area contributed by atoms with E-state index in [9.17, 15) is 9.59 Å². The summed E-state index contributed by atoms with van der Waals surface area (Å²) in [7, 11) is 0. The highest BCUT2D eigenvalue weighted by Crippen LogP contribution is 2.16. The van der Waals surface area contributed by atoms with Crippen LogP contribution in [0.4, 0.5) is 5.69 Å². The number of benzene rings is 2. The molecule has 0 N–H and O–H groups in total. The number of anilines is 1. The number of ether oxygens (including phenoxy) is 2. The predicted octanol–water partition coefficient (Wildman–Crippen LogP) is 4.02. The van der Waals surface area contributed by atoms with Crippen LogP contribution in [0.15, 0.2) is 48.5 Å². The molecule has 0 radical (unpaired) electrons. The van der Waals surface area contributed by atoms with Crippen LogP contribution in [0.5, 0.6) is 0 Å². The van der Waals surface area contributed by atoms with Gasteiger partial charge in [-0.25, -0.2) is 4.79 Å². The van der Waals surface area contributed by atoms with E-state index in [0.717, 1.165) is 11.1 Å². The number of nitrogens with zero attached hydrogens (tertiary/aromatic N) is 2. The van der Waals surface area contributed by atoms with Crippen molar-refractivity contribution in [2.75, 3.05) is 18.1 Å². The number of amides is 1. The first-order valence-corrected chi connectivity index (χ1v) is 9.52. The number of carbonyl (C=O) groups excluding carboxylic acids is 2. The van der Waals surface area contributed by atoms with Crippen LogP contribution in [0.2, 0.25) is 0 Å². The fraction of sp³-hybridized carbons (Fsp3) is 0.348. The maximum absolute atomic E-state index is 12.6. The molecule has 2 aromatic carbocycles. The van der Waals surface area contributed by atoms with Crippen molar-refractivity contribution in [2.24, 2.45) is 0 Å². The summed E-state index contributed by atoms with van der Waals surface area (Å²) >= 11 is 0. The lowest BCUT2D eigenvalue weighted by Crippen LogP contribution is -2.35. The molecule has 0 aliphatic rings. The molecule has 0 heterocycles. The lowest BCUT2D eigenvalue weighted by molar-refractivity contribution is -0.121. The van der Waals surface area contributed by atoms with Crippen molar-refractivity contribution >= 4 is 17.6 Å². The quantitative estimate of drug-likeness (QED) is 0.600. The van der Waals surface area contributed by atoms with Crippen LogP contribution in [0.1, 0.15) is 41.8 Å². The summed E-state index contributed by atoms with van der Waals surface area (Å²) in [6, 6.07) is 16.3. The van der Waals surface area contributed by atoms with Crippen molar-refractivity contribution in [1.82, 2.24) is 0 Å². The number of hydrogen-bond acceptors (Lipinski definition) is 5. The van der Waals surface area contributed by atoms with Crippen molar-refractivity contribution < 1.29 is 19.1 Å².